The number of nitrogens with zero attached hydrogens (tertiary/aromatic N) is 1. The summed E-state index contributed by atoms with van der Waals surface area (Å²) in [6.07, 6.45) is -2.09. The Balaban J connectivity index is 2.79. The number of aliphatic imine (C=N–C) groups is 1. The highest BCUT2D eigenvalue weighted by molar-refractivity contribution is 5.87. The van der Waals surface area contributed by atoms with E-state index in [0.29, 0.717) is 5.70 Å². The van der Waals surface area contributed by atoms with E-state index in [-0.39, 0.29) is 30.7 Å². The van der Waals surface area contributed by atoms with E-state index in [1.807, 2.05) is 0 Å². The number of halogens is 3. The van der Waals surface area contributed by atoms with Crippen LogP contribution in [0.25, 0.3) is 0 Å². The molecule has 1 rings (SSSR count). The maximum atomic E-state index is 12.5. The summed E-state index contributed by atoms with van der Waals surface area (Å²) in [6, 6.07) is 0. The van der Waals surface area contributed by atoms with Crippen LogP contribution in [0.2, 0.25) is 0 Å². The van der Waals surface area contributed by atoms with Crippen molar-refractivity contribution in [1.29, 1.82) is 5.41 Å². The lowest BCUT2D eigenvalue weighted by molar-refractivity contribution is -0.0950. The largest absolute Gasteiger partial charge is 0.412 e. The number of amidine groups is 1. The zero-order chi connectivity index (χ0) is 14.6. The Morgan fingerprint density at radius 3 is 2.58 bits per heavy atom. The van der Waals surface area contributed by atoms with Gasteiger partial charge in [0.15, 0.2) is 5.96 Å². The molecule has 0 aromatic carbocycles. The van der Waals surface area contributed by atoms with Crippen LogP contribution in [0, 0.1) is 11.3 Å². The lowest BCUT2D eigenvalue weighted by Gasteiger charge is -2.21. The summed E-state index contributed by atoms with van der Waals surface area (Å²) in [5.41, 5.74) is 10.6. The first-order valence-corrected chi connectivity index (χ1v) is 5.59. The quantitative estimate of drug-likeness (QED) is 0.460. The van der Waals surface area contributed by atoms with E-state index in [1.165, 1.54) is 6.08 Å². The van der Waals surface area contributed by atoms with Gasteiger partial charge < -0.3 is 16.8 Å². The average Bonchev–Trinajstić information content (AvgIpc) is 2.27. The number of nitrogens with one attached hydrogen (secondary N) is 2. The Kier molecular flexibility index (Phi) is 4.57. The Morgan fingerprint density at radius 2 is 2.11 bits per heavy atom. The van der Waals surface area contributed by atoms with E-state index in [0.717, 1.165) is 6.08 Å². The molecule has 5 nitrogen and oxygen atoms in total. The van der Waals surface area contributed by atoms with Crippen molar-refractivity contribution in [2.45, 2.75) is 19.5 Å². The zero-order valence-corrected chi connectivity index (χ0v) is 10.4. The normalized spacial score (nSPS) is 20.6. The minimum absolute atomic E-state index is 0.0786. The minimum Gasteiger partial charge on any atom is -0.386 e. The van der Waals surface area contributed by atoms with E-state index < -0.39 is 11.7 Å². The van der Waals surface area contributed by atoms with Crippen molar-refractivity contribution >= 4 is 11.8 Å². The van der Waals surface area contributed by atoms with Gasteiger partial charge in [0.05, 0.1) is 6.54 Å². The summed E-state index contributed by atoms with van der Waals surface area (Å²) in [6.45, 7) is 1.73. The van der Waals surface area contributed by atoms with Gasteiger partial charge in [0, 0.05) is 17.2 Å². The van der Waals surface area contributed by atoms with Crippen LogP contribution < -0.4 is 16.8 Å². The van der Waals surface area contributed by atoms with E-state index in [2.05, 4.69) is 10.3 Å². The van der Waals surface area contributed by atoms with Crippen LogP contribution in [0.5, 0.6) is 0 Å². The van der Waals surface area contributed by atoms with E-state index >= 15 is 0 Å². The van der Waals surface area contributed by atoms with Crippen molar-refractivity contribution in [2.75, 3.05) is 6.54 Å². The Morgan fingerprint density at radius 1 is 1.47 bits per heavy atom. The van der Waals surface area contributed by atoms with Gasteiger partial charge in [0.2, 0.25) is 0 Å². The van der Waals surface area contributed by atoms with E-state index in [1.54, 1.807) is 6.92 Å². The first kappa shape index (κ1) is 15.1. The molecule has 0 aliphatic heterocycles. The second-order valence-corrected chi connectivity index (χ2v) is 4.26. The Bertz CT molecular complexity index is 448. The summed E-state index contributed by atoms with van der Waals surface area (Å²) >= 11 is 0. The van der Waals surface area contributed by atoms with Crippen LogP contribution in [0.4, 0.5) is 13.2 Å². The van der Waals surface area contributed by atoms with Gasteiger partial charge in [-0.3, -0.25) is 5.41 Å². The highest BCUT2D eigenvalue weighted by Crippen LogP contribution is 2.35. The fourth-order valence-corrected chi connectivity index (χ4v) is 1.60. The molecular weight excluding hydrogens is 259 g/mol. The molecule has 6 N–H and O–H groups in total. The van der Waals surface area contributed by atoms with Gasteiger partial charge in [-0.2, -0.15) is 13.2 Å². The number of guanidine groups is 1. The molecule has 8 heteroatoms. The number of hydrogen-bond donors (Lipinski definition) is 4. The molecule has 0 aromatic rings. The first-order chi connectivity index (χ1) is 8.70. The smallest absolute Gasteiger partial charge is 0.386 e. The van der Waals surface area contributed by atoms with Crippen molar-refractivity contribution < 1.29 is 13.2 Å². The molecule has 0 amide bonds. The van der Waals surface area contributed by atoms with Crippen LogP contribution >= 0.6 is 0 Å². The van der Waals surface area contributed by atoms with Crippen LogP contribution in [0.1, 0.15) is 13.3 Å². The second kappa shape index (κ2) is 5.77. The number of allylic oxidation sites excluding steroid dienone is 4. The maximum absolute atomic E-state index is 12.5. The third-order valence-corrected chi connectivity index (χ3v) is 2.58. The molecule has 0 fully saturated rings. The molecule has 0 saturated heterocycles. The summed E-state index contributed by atoms with van der Waals surface area (Å²) in [5, 5.41) is 9.41. The summed E-state index contributed by atoms with van der Waals surface area (Å²) in [7, 11) is 0. The molecule has 19 heavy (non-hydrogen) atoms. The van der Waals surface area contributed by atoms with E-state index in [4.69, 9.17) is 16.9 Å². The van der Waals surface area contributed by atoms with E-state index in [9.17, 15) is 13.2 Å². The highest BCUT2D eigenvalue weighted by Gasteiger charge is 2.35. The van der Waals surface area contributed by atoms with Crippen LogP contribution in [0.15, 0.2) is 28.4 Å². The molecule has 0 bridgehead atoms. The number of hydrogen-bond acceptors (Lipinski definition) is 2. The van der Waals surface area contributed by atoms with Crippen LogP contribution in [-0.4, -0.2) is 24.5 Å². The molecule has 1 unspecified atom stereocenters. The molecule has 0 heterocycles. The lowest BCUT2D eigenvalue weighted by atomic mass is 9.92. The number of alkyl halides is 3. The van der Waals surface area contributed by atoms with Crippen molar-refractivity contribution in [3.63, 3.8) is 0 Å². The predicted octanol–water partition coefficient (Wildman–Crippen LogP) is 1.24. The van der Waals surface area contributed by atoms with Crippen molar-refractivity contribution in [3.05, 3.63) is 23.4 Å². The summed E-state index contributed by atoms with van der Waals surface area (Å²) in [5.74, 6) is -0.447. The number of nitrogens with two attached hydrogens (primary N) is 2. The molecule has 1 atom stereocenters. The summed E-state index contributed by atoms with van der Waals surface area (Å²) in [4.78, 5) is 4.03. The maximum Gasteiger partial charge on any atom is 0.412 e. The third-order valence-electron chi connectivity index (χ3n) is 2.58. The lowest BCUT2D eigenvalue weighted by Crippen LogP contribution is -2.37. The van der Waals surface area contributed by atoms with Gasteiger partial charge >= 0.3 is 6.18 Å². The molecule has 106 valence electrons. The zero-order valence-electron chi connectivity index (χ0n) is 10.4. The SMILES string of the molecule is CC1CC(C(F)(F)F)=CC=C1N=C(N)CNC(=N)N. The molecule has 0 radical (unpaired) electrons. The van der Waals surface area contributed by atoms with Gasteiger partial charge in [0.25, 0.3) is 0 Å². The van der Waals surface area contributed by atoms with Gasteiger partial charge in [-0.1, -0.05) is 13.0 Å². The first-order valence-electron chi connectivity index (χ1n) is 5.59. The highest BCUT2D eigenvalue weighted by atomic mass is 19.4. The van der Waals surface area contributed by atoms with Crippen LogP contribution in [-0.2, 0) is 0 Å². The number of rotatable bonds is 3. The monoisotopic (exact) mass is 275 g/mol. The summed E-state index contributed by atoms with van der Waals surface area (Å²) < 4.78 is 37.5. The van der Waals surface area contributed by atoms with Gasteiger partial charge in [-0.15, -0.1) is 0 Å². The molecule has 1 aliphatic rings. The van der Waals surface area contributed by atoms with Crippen molar-refractivity contribution in [3.8, 4) is 0 Å². The average molecular weight is 275 g/mol. The second-order valence-electron chi connectivity index (χ2n) is 4.26. The van der Waals surface area contributed by atoms with Gasteiger partial charge in [-0.25, -0.2) is 4.99 Å². The third kappa shape index (κ3) is 4.65. The van der Waals surface area contributed by atoms with Crippen molar-refractivity contribution in [2.24, 2.45) is 22.4 Å². The fraction of sp³-hybridized carbons (Fsp3) is 0.455. The molecule has 0 spiro atoms. The van der Waals surface area contributed by atoms with Crippen molar-refractivity contribution in [1.82, 2.24) is 5.32 Å². The van der Waals surface area contributed by atoms with Gasteiger partial charge in [0.1, 0.15) is 5.84 Å². The standard InChI is InChI=1S/C11H16F3N5/c1-6-4-7(11(12,13)14)2-3-8(6)19-9(15)5-18-10(16)17/h2-3,6H,4-5H2,1H3,(H2,15,19)(H4,16,17,18). The topological polar surface area (TPSA) is 100 Å². The van der Waals surface area contributed by atoms with Gasteiger partial charge in [-0.05, 0) is 12.5 Å². The molecule has 0 aromatic heterocycles. The molecular formula is C11H16F3N5. The Hall–Kier alpha value is -1.99. The Labute approximate surface area is 108 Å². The molecule has 1 aliphatic carbocycles. The molecule has 0 saturated carbocycles. The minimum atomic E-state index is -4.30. The predicted molar refractivity (Wildman–Crippen MR) is 67.5 cm³/mol. The van der Waals surface area contributed by atoms with Crippen LogP contribution in [0.3, 0.4) is 0 Å². The fourth-order valence-electron chi connectivity index (χ4n) is 1.60.